The largest absolute Gasteiger partial charge is 0.481 e. The Morgan fingerprint density at radius 1 is 1.12 bits per heavy atom. The number of carboxylic acid groups (broad SMARTS) is 1. The van der Waals surface area contributed by atoms with Crippen molar-refractivity contribution in [2.24, 2.45) is 28.3 Å². The summed E-state index contributed by atoms with van der Waals surface area (Å²) in [4.78, 5) is 45.5. The number of rotatable bonds is 10. The molecule has 0 heterocycles. The Bertz CT molecular complexity index is 702. The zero-order valence-electron chi connectivity index (χ0n) is 18.5. The van der Waals surface area contributed by atoms with E-state index in [1.807, 2.05) is 0 Å². The fourth-order valence-electron chi connectivity index (χ4n) is 4.50. The Morgan fingerprint density at radius 2 is 1.82 bits per heavy atom. The maximum absolute atomic E-state index is 12.6. The van der Waals surface area contributed by atoms with E-state index in [4.69, 9.17) is 39.5 Å². The van der Waals surface area contributed by atoms with Crippen LogP contribution in [0, 0.1) is 11.8 Å². The smallest absolute Gasteiger partial charge is 0.305 e. The number of carbonyl (C=O) groups is 3. The first-order chi connectivity index (χ1) is 15.7. The maximum Gasteiger partial charge on any atom is 0.305 e. The lowest BCUT2D eigenvalue weighted by Gasteiger charge is -2.34. The van der Waals surface area contributed by atoms with Gasteiger partial charge in [-0.25, -0.2) is 10.5 Å². The lowest BCUT2D eigenvalue weighted by Crippen LogP contribution is -2.48. The van der Waals surface area contributed by atoms with Gasteiger partial charge in [-0.2, -0.15) is 0 Å². The number of carboxylic acids is 1. The first-order valence-corrected chi connectivity index (χ1v) is 12.0. The Hall–Kier alpha value is -1.82. The van der Waals surface area contributed by atoms with Crippen LogP contribution in [0.15, 0.2) is 4.99 Å². The molecule has 2 saturated carbocycles. The predicted molar refractivity (Wildman–Crippen MR) is 124 cm³/mol. The van der Waals surface area contributed by atoms with Crippen LogP contribution in [0.25, 0.3) is 0 Å². The van der Waals surface area contributed by atoms with Crippen LogP contribution < -0.4 is 27.6 Å². The highest BCUT2D eigenvalue weighted by Gasteiger charge is 2.34. The van der Waals surface area contributed by atoms with Gasteiger partial charge in [0.2, 0.25) is 17.8 Å². The second-order valence-electron chi connectivity index (χ2n) is 8.60. The first-order valence-electron chi connectivity index (χ1n) is 11.2. The molecule has 5 unspecified atom stereocenters. The van der Waals surface area contributed by atoms with Gasteiger partial charge >= 0.3 is 5.97 Å². The van der Waals surface area contributed by atoms with Gasteiger partial charge in [0, 0.05) is 22.7 Å². The van der Waals surface area contributed by atoms with Crippen molar-refractivity contribution in [2.45, 2.75) is 74.2 Å². The second kappa shape index (κ2) is 13.8. The van der Waals surface area contributed by atoms with Crippen LogP contribution in [0.2, 0.25) is 0 Å². The summed E-state index contributed by atoms with van der Waals surface area (Å²) in [5, 5.41) is 14.3. The molecule has 0 aromatic rings. The van der Waals surface area contributed by atoms with E-state index in [1.54, 1.807) is 0 Å². The number of halogens is 2. The van der Waals surface area contributed by atoms with Gasteiger partial charge in [0.15, 0.2) is 0 Å². The third-order valence-corrected chi connectivity index (χ3v) is 6.67. The number of nitrogens with one attached hydrogen (secondary N) is 3. The molecule has 2 aliphatic rings. The number of hydrogen-bond donors (Lipinski definition) is 6. The molecule has 0 saturated heterocycles. The molecule has 2 amide bonds. The molecule has 0 aliphatic heterocycles. The number of nitrogens with zero attached hydrogens (tertiary/aromatic N) is 1. The molecule has 2 aliphatic carbocycles. The van der Waals surface area contributed by atoms with Crippen molar-refractivity contribution in [3.8, 4) is 0 Å². The predicted octanol–water partition coefficient (Wildman–Crippen LogP) is 0.388. The molecular formula is C20H34Cl2N6O5. The highest BCUT2D eigenvalue weighted by molar-refractivity contribution is 6.23. The second-order valence-corrected chi connectivity index (χ2v) is 9.83. The van der Waals surface area contributed by atoms with Gasteiger partial charge in [0.1, 0.15) is 6.73 Å². The molecule has 0 aromatic heterocycles. The van der Waals surface area contributed by atoms with Crippen LogP contribution in [-0.4, -0.2) is 65.0 Å². The van der Waals surface area contributed by atoms with E-state index in [0.29, 0.717) is 32.1 Å². The molecule has 2 rings (SSSR count). The average Bonchev–Trinajstić information content (AvgIpc) is 2.74. The fourth-order valence-corrected chi connectivity index (χ4v) is 5.48. The number of guanidine groups is 1. The van der Waals surface area contributed by atoms with Crippen LogP contribution in [-0.2, 0) is 19.2 Å². The number of hydrogen-bond acceptors (Lipinski definition) is 6. The van der Waals surface area contributed by atoms with E-state index >= 15 is 0 Å². The van der Waals surface area contributed by atoms with Gasteiger partial charge in [0.05, 0.1) is 19.0 Å². The van der Waals surface area contributed by atoms with Crippen molar-refractivity contribution in [3.63, 3.8) is 0 Å². The van der Waals surface area contributed by atoms with E-state index < -0.39 is 17.9 Å². The molecular weight excluding hydrogens is 475 g/mol. The summed E-state index contributed by atoms with van der Waals surface area (Å²) in [6.07, 6.45) is 4.34. The molecule has 0 spiro atoms. The summed E-state index contributed by atoms with van der Waals surface area (Å²) < 4.78 is 0. The first kappa shape index (κ1) is 27.4. The number of amides is 2. The van der Waals surface area contributed by atoms with E-state index in [1.165, 1.54) is 0 Å². The average molecular weight is 509 g/mol. The molecule has 8 N–H and O–H groups in total. The minimum absolute atomic E-state index is 0.0546. The fraction of sp³-hybridized carbons (Fsp3) is 0.800. The minimum atomic E-state index is -1.02. The molecule has 33 heavy (non-hydrogen) atoms. The Labute approximate surface area is 203 Å². The molecule has 5 atom stereocenters. The minimum Gasteiger partial charge on any atom is -0.481 e. The maximum atomic E-state index is 12.6. The van der Waals surface area contributed by atoms with Gasteiger partial charge in [-0.15, -0.1) is 23.2 Å². The summed E-state index contributed by atoms with van der Waals surface area (Å²) in [6.45, 7) is -0.296. The molecule has 188 valence electrons. The topological polar surface area (TPSA) is 181 Å². The van der Waals surface area contributed by atoms with Crippen molar-refractivity contribution < 1.29 is 24.3 Å². The Kier molecular flexibility index (Phi) is 11.5. The number of carbonyl (C=O) groups excluding carboxylic acids is 2. The van der Waals surface area contributed by atoms with E-state index in [2.05, 4.69) is 21.1 Å². The van der Waals surface area contributed by atoms with Crippen LogP contribution in [0.4, 0.5) is 0 Å². The lowest BCUT2D eigenvalue weighted by molar-refractivity contribution is -0.138. The van der Waals surface area contributed by atoms with E-state index in [9.17, 15) is 19.5 Å². The van der Waals surface area contributed by atoms with Crippen molar-refractivity contribution in [3.05, 3.63) is 0 Å². The molecule has 0 bridgehead atoms. The quantitative estimate of drug-likeness (QED) is 0.0804. The van der Waals surface area contributed by atoms with Crippen molar-refractivity contribution in [1.82, 2.24) is 16.1 Å². The number of aliphatic carboxylic acids is 1. The summed E-state index contributed by atoms with van der Waals surface area (Å²) in [7, 11) is 0. The monoisotopic (exact) mass is 508 g/mol. The van der Waals surface area contributed by atoms with Gasteiger partial charge < -0.3 is 27.2 Å². The van der Waals surface area contributed by atoms with Gasteiger partial charge in [0.25, 0.3) is 0 Å². The van der Waals surface area contributed by atoms with E-state index in [-0.39, 0.29) is 60.2 Å². The standard InChI is InChI=1S/C20H34Cl2N6O5/c21-13-4-12(5-14(22)7-13)16(8-18(30)31)27-17(29)9-25-19(32)11-2-1-3-15(6-11)26-20(24)28-33-10-23/h11-16H,1-10,23H2,(H,25,32)(H,27,29)(H,30,31)(H3,24,26,28). The zero-order chi connectivity index (χ0) is 24.4. The highest BCUT2D eigenvalue weighted by atomic mass is 35.5. The molecule has 2 fully saturated rings. The van der Waals surface area contributed by atoms with Crippen molar-refractivity contribution >= 4 is 46.9 Å². The summed E-state index contributed by atoms with van der Waals surface area (Å²) in [5.74, 6) is -2.06. The molecule has 11 nitrogen and oxygen atoms in total. The van der Waals surface area contributed by atoms with Gasteiger partial charge in [-0.1, -0.05) is 6.42 Å². The Morgan fingerprint density at radius 3 is 2.45 bits per heavy atom. The van der Waals surface area contributed by atoms with Crippen molar-refractivity contribution in [2.75, 3.05) is 13.3 Å². The lowest BCUT2D eigenvalue weighted by atomic mass is 9.82. The number of alkyl halides is 2. The van der Waals surface area contributed by atoms with Gasteiger partial charge in [-0.3, -0.25) is 19.2 Å². The SMILES string of the molecule is NCONC(N)=NC1CCCC(C(=O)NCC(=O)NC(CC(=O)O)C2CC(Cl)CC(Cl)C2)C1. The molecule has 0 aromatic carbocycles. The van der Waals surface area contributed by atoms with Crippen LogP contribution in [0.1, 0.15) is 51.4 Å². The van der Waals surface area contributed by atoms with Gasteiger partial charge in [-0.05, 0) is 44.4 Å². The molecule has 13 heteroatoms. The normalized spacial score (nSPS) is 29.1. The third-order valence-electron chi connectivity index (χ3n) is 5.96. The van der Waals surface area contributed by atoms with Crippen LogP contribution >= 0.6 is 23.2 Å². The summed E-state index contributed by atoms with van der Waals surface area (Å²) >= 11 is 12.5. The number of hydroxylamine groups is 1. The van der Waals surface area contributed by atoms with E-state index in [0.717, 1.165) is 12.8 Å². The summed E-state index contributed by atoms with van der Waals surface area (Å²) in [6, 6.07) is -0.746. The van der Waals surface area contributed by atoms with Crippen LogP contribution in [0.5, 0.6) is 0 Å². The number of nitrogens with two attached hydrogens (primary N) is 2. The molecule has 0 radical (unpaired) electrons. The van der Waals surface area contributed by atoms with Crippen molar-refractivity contribution in [1.29, 1.82) is 0 Å². The zero-order valence-corrected chi connectivity index (χ0v) is 20.0. The number of aliphatic imine (C=N–C) groups is 1. The van der Waals surface area contributed by atoms with Crippen LogP contribution in [0.3, 0.4) is 0 Å². The third kappa shape index (κ3) is 9.91. The Balaban J connectivity index is 1.85. The summed E-state index contributed by atoms with van der Waals surface area (Å²) in [5.41, 5.74) is 13.4. The highest BCUT2D eigenvalue weighted by Crippen LogP contribution is 2.34.